The molecule has 4 heteroatoms. The van der Waals surface area contributed by atoms with E-state index < -0.39 is 0 Å². The van der Waals surface area contributed by atoms with Crippen molar-refractivity contribution in [2.24, 2.45) is 0 Å². The molecule has 0 aliphatic rings. The third-order valence-electron chi connectivity index (χ3n) is 4.49. The molecule has 0 fully saturated rings. The minimum atomic E-state index is -0.171. The van der Waals surface area contributed by atoms with E-state index in [4.69, 9.17) is 0 Å². The molecule has 1 N–H and O–H groups in total. The zero-order valence-electron chi connectivity index (χ0n) is 14.8. The van der Waals surface area contributed by atoms with Crippen LogP contribution in [-0.4, -0.2) is 14.7 Å². The topological polar surface area (TPSA) is 55.1 Å². The van der Waals surface area contributed by atoms with E-state index in [0.717, 1.165) is 11.1 Å². The van der Waals surface area contributed by atoms with Gasteiger partial charge >= 0.3 is 0 Å². The molecule has 0 unspecified atom stereocenters. The predicted octanol–water partition coefficient (Wildman–Crippen LogP) is 4.57. The van der Waals surface area contributed by atoms with Crippen molar-refractivity contribution in [3.05, 3.63) is 100 Å². The minimum Gasteiger partial charge on any atom is -0.508 e. The molecule has 0 saturated carbocycles. The molecule has 27 heavy (non-hydrogen) atoms. The van der Waals surface area contributed by atoms with Crippen LogP contribution >= 0.6 is 0 Å². The predicted molar refractivity (Wildman–Crippen MR) is 109 cm³/mol. The van der Waals surface area contributed by atoms with Gasteiger partial charge in [-0.15, -0.1) is 0 Å². The third kappa shape index (κ3) is 3.25. The molecule has 0 aliphatic heterocycles. The van der Waals surface area contributed by atoms with Gasteiger partial charge in [-0.25, -0.2) is 4.98 Å². The number of aromatic nitrogens is 2. The van der Waals surface area contributed by atoms with E-state index in [2.05, 4.69) is 4.98 Å². The Morgan fingerprint density at radius 3 is 2.52 bits per heavy atom. The summed E-state index contributed by atoms with van der Waals surface area (Å²) in [5, 5.41) is 10.4. The second-order valence-corrected chi connectivity index (χ2v) is 6.34. The Hall–Kier alpha value is -3.66. The number of nitrogens with zero attached hydrogens (tertiary/aromatic N) is 2. The van der Waals surface area contributed by atoms with Crippen molar-refractivity contribution in [1.29, 1.82) is 0 Å². The Balaban J connectivity index is 1.97. The average Bonchev–Trinajstić information content (AvgIpc) is 2.67. The van der Waals surface area contributed by atoms with E-state index in [0.29, 0.717) is 22.4 Å². The smallest absolute Gasteiger partial charge is 0.266 e. The largest absolute Gasteiger partial charge is 0.508 e. The van der Waals surface area contributed by atoms with Crippen LogP contribution in [0, 0.1) is 6.92 Å². The molecule has 0 bridgehead atoms. The van der Waals surface area contributed by atoms with Crippen molar-refractivity contribution in [3.8, 4) is 11.4 Å². The quantitative estimate of drug-likeness (QED) is 0.586. The molecule has 0 saturated heterocycles. The SMILES string of the molecule is Cc1ccccc1/C=C/c1nc2ccccc2c(=O)n1-c1cccc(O)c1. The van der Waals surface area contributed by atoms with E-state index in [1.807, 2.05) is 61.5 Å². The molecule has 0 radical (unpaired) electrons. The maximum atomic E-state index is 13.1. The lowest BCUT2D eigenvalue weighted by molar-refractivity contribution is 0.475. The van der Waals surface area contributed by atoms with Gasteiger partial charge in [-0.05, 0) is 48.4 Å². The molecule has 0 spiro atoms. The number of aromatic hydroxyl groups is 1. The lowest BCUT2D eigenvalue weighted by Crippen LogP contribution is -2.22. The van der Waals surface area contributed by atoms with Crippen LogP contribution in [0.25, 0.3) is 28.7 Å². The Bertz CT molecular complexity index is 1220. The van der Waals surface area contributed by atoms with Crippen LogP contribution in [0.4, 0.5) is 0 Å². The zero-order chi connectivity index (χ0) is 18.8. The number of aryl methyl sites for hydroxylation is 1. The van der Waals surface area contributed by atoms with Crippen molar-refractivity contribution in [2.75, 3.05) is 0 Å². The molecular formula is C23H18N2O2. The molecule has 0 aliphatic carbocycles. The van der Waals surface area contributed by atoms with Crippen molar-refractivity contribution < 1.29 is 5.11 Å². The Labute approximate surface area is 156 Å². The van der Waals surface area contributed by atoms with Gasteiger partial charge in [-0.2, -0.15) is 0 Å². The van der Waals surface area contributed by atoms with Crippen LogP contribution in [0.15, 0.2) is 77.6 Å². The summed E-state index contributed by atoms with van der Waals surface area (Å²) in [5.41, 5.74) is 3.24. The molecule has 1 heterocycles. The molecule has 132 valence electrons. The first-order valence-electron chi connectivity index (χ1n) is 8.68. The highest BCUT2D eigenvalue weighted by Crippen LogP contribution is 2.19. The van der Waals surface area contributed by atoms with Crippen LogP contribution in [0.2, 0.25) is 0 Å². The number of para-hydroxylation sites is 1. The van der Waals surface area contributed by atoms with E-state index in [1.54, 1.807) is 30.3 Å². The average molecular weight is 354 g/mol. The van der Waals surface area contributed by atoms with Gasteiger partial charge in [0.1, 0.15) is 11.6 Å². The van der Waals surface area contributed by atoms with E-state index in [-0.39, 0.29) is 11.3 Å². The van der Waals surface area contributed by atoms with Crippen LogP contribution in [0.3, 0.4) is 0 Å². The molecule has 0 atom stereocenters. The van der Waals surface area contributed by atoms with E-state index in [1.165, 1.54) is 4.57 Å². The zero-order valence-corrected chi connectivity index (χ0v) is 14.8. The Kier molecular flexibility index (Phi) is 4.30. The fourth-order valence-electron chi connectivity index (χ4n) is 3.08. The fraction of sp³-hybridized carbons (Fsp3) is 0.0435. The number of hydrogen-bond donors (Lipinski definition) is 1. The van der Waals surface area contributed by atoms with Crippen molar-refractivity contribution in [1.82, 2.24) is 9.55 Å². The van der Waals surface area contributed by atoms with E-state index in [9.17, 15) is 9.90 Å². The van der Waals surface area contributed by atoms with Gasteiger partial charge in [0.2, 0.25) is 0 Å². The van der Waals surface area contributed by atoms with Gasteiger partial charge in [-0.3, -0.25) is 9.36 Å². The van der Waals surface area contributed by atoms with Crippen LogP contribution in [0.5, 0.6) is 5.75 Å². The van der Waals surface area contributed by atoms with Gasteiger partial charge in [0.25, 0.3) is 5.56 Å². The van der Waals surface area contributed by atoms with E-state index >= 15 is 0 Å². The summed E-state index contributed by atoms with van der Waals surface area (Å²) in [6, 6.07) is 21.9. The Morgan fingerprint density at radius 2 is 1.70 bits per heavy atom. The number of rotatable bonds is 3. The number of phenols is 1. The Morgan fingerprint density at radius 1 is 0.926 bits per heavy atom. The summed E-state index contributed by atoms with van der Waals surface area (Å²) in [4.78, 5) is 17.8. The monoisotopic (exact) mass is 354 g/mol. The van der Waals surface area contributed by atoms with Gasteiger partial charge in [0.05, 0.1) is 16.6 Å². The van der Waals surface area contributed by atoms with Crippen LogP contribution in [-0.2, 0) is 0 Å². The normalized spacial score (nSPS) is 11.3. The van der Waals surface area contributed by atoms with Crippen molar-refractivity contribution in [2.45, 2.75) is 6.92 Å². The molecular weight excluding hydrogens is 336 g/mol. The standard InChI is InChI=1S/C23H18N2O2/c1-16-7-2-3-8-17(16)13-14-22-24-21-12-5-4-11-20(21)23(27)25(22)18-9-6-10-19(26)15-18/h2-15,26H,1H3/b14-13+. The molecule has 0 amide bonds. The lowest BCUT2D eigenvalue weighted by atomic mass is 10.1. The van der Waals surface area contributed by atoms with Gasteiger partial charge in [-0.1, -0.05) is 48.5 Å². The molecule has 4 nitrogen and oxygen atoms in total. The van der Waals surface area contributed by atoms with Crippen molar-refractivity contribution >= 4 is 23.1 Å². The lowest BCUT2D eigenvalue weighted by Gasteiger charge is -2.12. The second-order valence-electron chi connectivity index (χ2n) is 6.34. The maximum Gasteiger partial charge on any atom is 0.266 e. The number of hydrogen-bond acceptors (Lipinski definition) is 3. The van der Waals surface area contributed by atoms with Crippen LogP contribution < -0.4 is 5.56 Å². The minimum absolute atomic E-state index is 0.0985. The first-order chi connectivity index (χ1) is 13.1. The molecule has 4 rings (SSSR count). The second kappa shape index (κ2) is 6.92. The summed E-state index contributed by atoms with van der Waals surface area (Å²) in [6.07, 6.45) is 3.78. The maximum absolute atomic E-state index is 13.1. The molecule has 3 aromatic carbocycles. The van der Waals surface area contributed by atoms with Gasteiger partial charge < -0.3 is 5.11 Å². The first kappa shape index (κ1) is 16.8. The van der Waals surface area contributed by atoms with Gasteiger partial charge in [0, 0.05) is 6.07 Å². The summed E-state index contributed by atoms with van der Waals surface area (Å²) in [7, 11) is 0. The molecule has 4 aromatic rings. The van der Waals surface area contributed by atoms with Crippen LogP contribution in [0.1, 0.15) is 17.0 Å². The highest BCUT2D eigenvalue weighted by Gasteiger charge is 2.11. The first-order valence-corrected chi connectivity index (χ1v) is 8.68. The highest BCUT2D eigenvalue weighted by atomic mass is 16.3. The number of phenolic OH excluding ortho intramolecular Hbond substituents is 1. The molecule has 1 aromatic heterocycles. The summed E-state index contributed by atoms with van der Waals surface area (Å²) >= 11 is 0. The summed E-state index contributed by atoms with van der Waals surface area (Å²) in [5.74, 6) is 0.606. The third-order valence-corrected chi connectivity index (χ3v) is 4.49. The van der Waals surface area contributed by atoms with Gasteiger partial charge in [0.15, 0.2) is 0 Å². The van der Waals surface area contributed by atoms with Crippen molar-refractivity contribution in [3.63, 3.8) is 0 Å². The number of benzene rings is 3. The number of fused-ring (bicyclic) bond motifs is 1. The summed E-state index contributed by atoms with van der Waals surface area (Å²) < 4.78 is 1.52. The highest BCUT2D eigenvalue weighted by molar-refractivity contribution is 5.80. The fourth-order valence-corrected chi connectivity index (χ4v) is 3.08. The summed E-state index contributed by atoms with van der Waals surface area (Å²) in [6.45, 7) is 2.04.